The van der Waals surface area contributed by atoms with Gasteiger partial charge in [-0.15, -0.1) is 11.3 Å². The standard InChI is InChI=1S/C22H25N3O7S3/c1-30-16-11-15-18(12-17(16)31-2)34-22(25(15)13-19(26)32-3)23-21(27)14-6-8-24(9-7-14)35(28,29)20-5-4-10-33-20/h4-5,10-12,14H,6-9,13H2,1-3H3. The van der Waals surface area contributed by atoms with Crippen molar-refractivity contribution in [2.45, 2.75) is 23.6 Å². The third-order valence-electron chi connectivity index (χ3n) is 5.80. The molecule has 1 aromatic carbocycles. The topological polar surface area (TPSA) is 116 Å². The number of thiophene rings is 1. The van der Waals surface area contributed by atoms with Gasteiger partial charge in [-0.1, -0.05) is 17.4 Å². The molecule has 0 bridgehead atoms. The highest BCUT2D eigenvalue weighted by Crippen LogP contribution is 2.33. The van der Waals surface area contributed by atoms with Crippen LogP contribution in [-0.2, 0) is 30.9 Å². The number of hydrogen-bond acceptors (Lipinski definition) is 9. The lowest BCUT2D eigenvalue weighted by Crippen LogP contribution is -2.40. The van der Waals surface area contributed by atoms with E-state index in [2.05, 4.69) is 4.99 Å². The average Bonchev–Trinajstić information content (AvgIpc) is 3.52. The van der Waals surface area contributed by atoms with Crippen molar-refractivity contribution in [3.05, 3.63) is 34.4 Å². The monoisotopic (exact) mass is 539 g/mol. The van der Waals surface area contributed by atoms with Crippen molar-refractivity contribution in [1.29, 1.82) is 0 Å². The maximum atomic E-state index is 13.1. The van der Waals surface area contributed by atoms with Crippen LogP contribution < -0.4 is 14.3 Å². The van der Waals surface area contributed by atoms with Crippen molar-refractivity contribution in [3.63, 3.8) is 0 Å². The van der Waals surface area contributed by atoms with E-state index in [9.17, 15) is 18.0 Å². The molecule has 0 spiro atoms. The summed E-state index contributed by atoms with van der Waals surface area (Å²) < 4.78 is 45.2. The smallest absolute Gasteiger partial charge is 0.325 e. The number of ether oxygens (including phenoxy) is 3. The van der Waals surface area contributed by atoms with Crippen LogP contribution >= 0.6 is 22.7 Å². The Hall–Kier alpha value is -2.74. The van der Waals surface area contributed by atoms with E-state index in [4.69, 9.17) is 14.2 Å². The summed E-state index contributed by atoms with van der Waals surface area (Å²) in [5.41, 5.74) is 0.654. The van der Waals surface area contributed by atoms with E-state index >= 15 is 0 Å². The maximum absolute atomic E-state index is 13.1. The number of nitrogens with zero attached hydrogens (tertiary/aromatic N) is 3. The number of amides is 1. The Morgan fingerprint density at radius 3 is 2.40 bits per heavy atom. The van der Waals surface area contributed by atoms with Crippen LogP contribution in [0.4, 0.5) is 0 Å². The first kappa shape index (κ1) is 25.4. The van der Waals surface area contributed by atoms with Gasteiger partial charge in [0.2, 0.25) is 0 Å². The minimum absolute atomic E-state index is 0.129. The van der Waals surface area contributed by atoms with Gasteiger partial charge in [0.05, 0.1) is 31.5 Å². The number of hydrogen-bond donors (Lipinski definition) is 0. The third-order valence-corrected chi connectivity index (χ3v) is 10.1. The number of carbonyl (C=O) groups is 2. The molecule has 13 heteroatoms. The lowest BCUT2D eigenvalue weighted by atomic mass is 9.98. The molecule has 1 saturated heterocycles. The molecule has 3 heterocycles. The van der Waals surface area contributed by atoms with Gasteiger partial charge in [0, 0.05) is 31.1 Å². The number of esters is 1. The normalized spacial score (nSPS) is 15.9. The van der Waals surface area contributed by atoms with Crippen molar-refractivity contribution in [2.24, 2.45) is 10.9 Å². The SMILES string of the molecule is COC(=O)Cn1c(=NC(=O)C2CCN(S(=O)(=O)c3cccs3)CC2)sc2cc(OC)c(OC)cc21. The molecule has 4 rings (SSSR count). The lowest BCUT2D eigenvalue weighted by Gasteiger charge is -2.29. The average molecular weight is 540 g/mol. The molecule has 1 fully saturated rings. The Labute approximate surface area is 210 Å². The molecule has 0 saturated carbocycles. The van der Waals surface area contributed by atoms with Gasteiger partial charge in [-0.05, 0) is 24.3 Å². The molecule has 188 valence electrons. The Morgan fingerprint density at radius 2 is 1.80 bits per heavy atom. The second kappa shape index (κ2) is 10.5. The molecule has 0 N–H and O–H groups in total. The summed E-state index contributed by atoms with van der Waals surface area (Å²) in [6.07, 6.45) is 0.743. The number of aromatic nitrogens is 1. The van der Waals surface area contributed by atoms with Gasteiger partial charge in [-0.2, -0.15) is 9.30 Å². The van der Waals surface area contributed by atoms with Gasteiger partial charge < -0.3 is 18.8 Å². The third kappa shape index (κ3) is 5.13. The molecular weight excluding hydrogens is 514 g/mol. The second-order valence-corrected chi connectivity index (χ2v) is 11.9. The summed E-state index contributed by atoms with van der Waals surface area (Å²) >= 11 is 2.42. The Balaban J connectivity index is 1.62. The van der Waals surface area contributed by atoms with Crippen LogP contribution in [0.1, 0.15) is 12.8 Å². The number of benzene rings is 1. The predicted molar refractivity (Wildman–Crippen MR) is 131 cm³/mol. The Morgan fingerprint density at radius 1 is 1.11 bits per heavy atom. The van der Waals surface area contributed by atoms with Crippen molar-refractivity contribution >= 4 is 54.8 Å². The molecule has 1 aliphatic heterocycles. The molecule has 3 aromatic rings. The summed E-state index contributed by atoms with van der Waals surface area (Å²) in [6.45, 7) is 0.361. The molecule has 0 aliphatic carbocycles. The van der Waals surface area contributed by atoms with E-state index in [1.807, 2.05) is 0 Å². The Kier molecular flexibility index (Phi) is 7.59. The molecule has 35 heavy (non-hydrogen) atoms. The summed E-state index contributed by atoms with van der Waals surface area (Å²) in [6, 6.07) is 6.78. The van der Waals surface area contributed by atoms with E-state index in [-0.39, 0.29) is 25.5 Å². The van der Waals surface area contributed by atoms with Crippen LogP contribution in [0.3, 0.4) is 0 Å². The van der Waals surface area contributed by atoms with Gasteiger partial charge in [0.25, 0.3) is 15.9 Å². The van der Waals surface area contributed by atoms with Crippen molar-refractivity contribution in [3.8, 4) is 11.5 Å². The van der Waals surface area contributed by atoms with Crippen LogP contribution in [0.15, 0.2) is 38.8 Å². The summed E-state index contributed by atoms with van der Waals surface area (Å²) in [5.74, 6) is -0.245. The molecule has 0 unspecified atom stereocenters. The quantitative estimate of drug-likeness (QED) is 0.424. The fraction of sp³-hybridized carbons (Fsp3) is 0.409. The fourth-order valence-electron chi connectivity index (χ4n) is 3.89. The van der Waals surface area contributed by atoms with Crippen molar-refractivity contribution < 1.29 is 32.2 Å². The highest BCUT2D eigenvalue weighted by atomic mass is 32.2. The first-order chi connectivity index (χ1) is 16.8. The van der Waals surface area contributed by atoms with Crippen LogP contribution in [-0.4, -0.2) is 63.6 Å². The molecular formula is C22H25N3O7S3. The van der Waals surface area contributed by atoms with Crippen molar-refractivity contribution in [1.82, 2.24) is 8.87 Å². The van der Waals surface area contributed by atoms with E-state index in [1.54, 1.807) is 34.2 Å². The van der Waals surface area contributed by atoms with Gasteiger partial charge in [0.1, 0.15) is 10.8 Å². The van der Waals surface area contributed by atoms with Gasteiger partial charge in [-0.3, -0.25) is 9.59 Å². The second-order valence-electron chi connectivity index (χ2n) is 7.78. The molecule has 0 atom stereocenters. The number of methoxy groups -OCH3 is 3. The largest absolute Gasteiger partial charge is 0.493 e. The molecule has 1 aliphatic rings. The first-order valence-electron chi connectivity index (χ1n) is 10.7. The number of piperidine rings is 1. The Bertz CT molecular complexity index is 1400. The number of carbonyl (C=O) groups excluding carboxylic acids is 2. The minimum atomic E-state index is -3.55. The van der Waals surface area contributed by atoms with Crippen LogP contribution in [0.2, 0.25) is 0 Å². The van der Waals surface area contributed by atoms with Crippen molar-refractivity contribution in [2.75, 3.05) is 34.4 Å². The number of sulfonamides is 1. The minimum Gasteiger partial charge on any atom is -0.493 e. The van der Waals surface area contributed by atoms with Gasteiger partial charge in [-0.25, -0.2) is 8.42 Å². The van der Waals surface area contributed by atoms with Crippen LogP contribution in [0, 0.1) is 5.92 Å². The number of fused-ring (bicyclic) bond motifs is 1. The summed E-state index contributed by atoms with van der Waals surface area (Å²) in [5, 5.41) is 1.72. The highest BCUT2D eigenvalue weighted by Gasteiger charge is 2.32. The zero-order chi connectivity index (χ0) is 25.2. The zero-order valence-corrected chi connectivity index (χ0v) is 21.9. The number of thiazole rings is 1. The molecule has 0 radical (unpaired) electrons. The molecule has 1 amide bonds. The van der Waals surface area contributed by atoms with Crippen LogP contribution in [0.5, 0.6) is 11.5 Å². The van der Waals surface area contributed by atoms with Gasteiger partial charge >= 0.3 is 5.97 Å². The lowest BCUT2D eigenvalue weighted by molar-refractivity contribution is -0.141. The van der Waals surface area contributed by atoms with E-state index in [1.165, 1.54) is 48.3 Å². The molecule has 2 aromatic heterocycles. The van der Waals surface area contributed by atoms with Gasteiger partial charge in [0.15, 0.2) is 16.3 Å². The molecule has 10 nitrogen and oxygen atoms in total. The highest BCUT2D eigenvalue weighted by molar-refractivity contribution is 7.91. The van der Waals surface area contributed by atoms with E-state index < -0.39 is 21.9 Å². The van der Waals surface area contributed by atoms with E-state index in [0.29, 0.717) is 38.9 Å². The van der Waals surface area contributed by atoms with E-state index in [0.717, 1.165) is 4.70 Å². The fourth-order valence-corrected chi connectivity index (χ4v) is 7.55. The summed E-state index contributed by atoms with van der Waals surface area (Å²) in [7, 11) is 0.787. The predicted octanol–water partition coefficient (Wildman–Crippen LogP) is 2.48. The first-order valence-corrected chi connectivity index (χ1v) is 13.9. The number of rotatable bonds is 7. The summed E-state index contributed by atoms with van der Waals surface area (Å²) in [4.78, 5) is 29.9. The maximum Gasteiger partial charge on any atom is 0.325 e. The van der Waals surface area contributed by atoms with Crippen LogP contribution in [0.25, 0.3) is 10.2 Å². The zero-order valence-electron chi connectivity index (χ0n) is 19.4.